The molecule has 226 valence electrons. The van der Waals surface area contributed by atoms with Crippen LogP contribution >= 0.6 is 11.8 Å². The van der Waals surface area contributed by atoms with Crippen LogP contribution in [0.3, 0.4) is 0 Å². The van der Waals surface area contributed by atoms with Crippen LogP contribution in [0.2, 0.25) is 0 Å². The van der Waals surface area contributed by atoms with E-state index in [1.54, 1.807) is 53.6 Å². The highest BCUT2D eigenvalue weighted by Crippen LogP contribution is 2.32. The van der Waals surface area contributed by atoms with Gasteiger partial charge in [0, 0.05) is 29.4 Å². The quantitative estimate of drug-likeness (QED) is 0.135. The summed E-state index contributed by atoms with van der Waals surface area (Å²) in [6.45, 7) is 2.64. The maximum absolute atomic E-state index is 13.5. The Kier molecular flexibility index (Phi) is 9.16. The zero-order valence-electron chi connectivity index (χ0n) is 24.4. The van der Waals surface area contributed by atoms with Gasteiger partial charge in [0.2, 0.25) is 11.8 Å². The standard InChI is InChI=1S/C34H30N6O4S/c1-2-43-28-17-15-26(16-18-28)36-31(41)20-30-33(42)39(23-29-14-9-19-44-29)34(45-30)37-35-21-25-22-40(27-12-7-4-8-13-27)38-32(25)24-10-5-3-6-11-24/h3-19,21-22,30H,2,20,23H2,1H3,(H,36,41)/b35-21+,37-34-. The number of furan rings is 1. The van der Waals surface area contributed by atoms with Crippen LogP contribution in [-0.2, 0) is 16.1 Å². The van der Waals surface area contributed by atoms with E-state index in [0.29, 0.717) is 23.2 Å². The van der Waals surface area contributed by atoms with Gasteiger partial charge in [-0.05, 0) is 55.5 Å². The van der Waals surface area contributed by atoms with E-state index in [1.807, 2.05) is 73.8 Å². The molecule has 1 atom stereocenters. The first-order valence-electron chi connectivity index (χ1n) is 14.4. The number of ether oxygens (including phenoxy) is 1. The Labute approximate surface area is 264 Å². The lowest BCUT2D eigenvalue weighted by Crippen LogP contribution is -2.33. The van der Waals surface area contributed by atoms with Crippen LogP contribution in [0.15, 0.2) is 124 Å². The number of nitrogens with zero attached hydrogens (tertiary/aromatic N) is 5. The van der Waals surface area contributed by atoms with Crippen LogP contribution in [0.1, 0.15) is 24.7 Å². The van der Waals surface area contributed by atoms with Crippen LogP contribution in [-0.4, -0.2) is 49.7 Å². The molecule has 0 aliphatic carbocycles. The van der Waals surface area contributed by atoms with Gasteiger partial charge in [0.15, 0.2) is 5.17 Å². The van der Waals surface area contributed by atoms with E-state index in [2.05, 4.69) is 15.5 Å². The largest absolute Gasteiger partial charge is 0.494 e. The summed E-state index contributed by atoms with van der Waals surface area (Å²) in [5.41, 5.74) is 3.97. The van der Waals surface area contributed by atoms with Crippen molar-refractivity contribution >= 4 is 40.6 Å². The molecule has 1 fully saturated rings. The maximum Gasteiger partial charge on any atom is 0.243 e. The molecule has 0 radical (unpaired) electrons. The van der Waals surface area contributed by atoms with Crippen LogP contribution in [0, 0.1) is 0 Å². The Hall–Kier alpha value is -5.42. The van der Waals surface area contributed by atoms with E-state index < -0.39 is 5.25 Å². The normalized spacial score (nSPS) is 15.7. The minimum Gasteiger partial charge on any atom is -0.494 e. The molecular weight excluding hydrogens is 588 g/mol. The molecule has 2 amide bonds. The highest BCUT2D eigenvalue weighted by atomic mass is 32.2. The van der Waals surface area contributed by atoms with Crippen molar-refractivity contribution in [3.8, 4) is 22.7 Å². The third kappa shape index (κ3) is 7.22. The lowest BCUT2D eigenvalue weighted by atomic mass is 10.1. The number of benzene rings is 3. The average molecular weight is 619 g/mol. The minimum atomic E-state index is -0.669. The van der Waals surface area contributed by atoms with Gasteiger partial charge in [0.05, 0.1) is 31.3 Å². The van der Waals surface area contributed by atoms with Gasteiger partial charge in [0.1, 0.15) is 22.5 Å². The van der Waals surface area contributed by atoms with Gasteiger partial charge >= 0.3 is 0 Å². The van der Waals surface area contributed by atoms with E-state index in [4.69, 9.17) is 14.3 Å². The molecule has 1 saturated heterocycles. The molecule has 1 N–H and O–H groups in total. The van der Waals surface area contributed by atoms with Gasteiger partial charge in [-0.3, -0.25) is 14.5 Å². The van der Waals surface area contributed by atoms with Gasteiger partial charge in [-0.15, -0.1) is 5.10 Å². The van der Waals surface area contributed by atoms with Gasteiger partial charge < -0.3 is 14.5 Å². The van der Waals surface area contributed by atoms with Crippen molar-refractivity contribution in [3.63, 3.8) is 0 Å². The van der Waals surface area contributed by atoms with Crippen molar-refractivity contribution in [1.29, 1.82) is 0 Å². The second kappa shape index (κ2) is 13.9. The molecule has 11 heteroatoms. The number of carbonyl (C=O) groups excluding carboxylic acids is 2. The first kappa shape index (κ1) is 29.6. The minimum absolute atomic E-state index is 0.0316. The number of amides is 2. The summed E-state index contributed by atoms with van der Waals surface area (Å²) in [5, 5.41) is 16.2. The molecule has 2 aromatic heterocycles. The number of anilines is 1. The number of hydrogen-bond acceptors (Lipinski definition) is 8. The number of amidine groups is 1. The van der Waals surface area contributed by atoms with E-state index in [9.17, 15) is 9.59 Å². The predicted octanol–water partition coefficient (Wildman–Crippen LogP) is 6.39. The molecule has 3 aromatic carbocycles. The molecule has 1 aliphatic rings. The smallest absolute Gasteiger partial charge is 0.243 e. The lowest BCUT2D eigenvalue weighted by Gasteiger charge is -2.14. The summed E-state index contributed by atoms with van der Waals surface area (Å²) < 4.78 is 12.8. The number of para-hydroxylation sites is 1. The Morgan fingerprint density at radius 1 is 1.02 bits per heavy atom. The molecule has 10 nitrogen and oxygen atoms in total. The summed E-state index contributed by atoms with van der Waals surface area (Å²) in [4.78, 5) is 27.9. The number of rotatable bonds is 11. The van der Waals surface area contributed by atoms with Crippen LogP contribution in [0.5, 0.6) is 5.75 Å². The molecular formula is C34H30N6O4S. The van der Waals surface area contributed by atoms with Crippen molar-refractivity contribution in [1.82, 2.24) is 14.7 Å². The SMILES string of the molecule is CCOc1ccc(NC(=O)CC2S/C(=N\N=C\c3cn(-c4ccccc4)nc3-c3ccccc3)N(Cc3ccco3)C2=O)cc1. The Morgan fingerprint density at radius 2 is 1.78 bits per heavy atom. The molecule has 0 bridgehead atoms. The molecule has 5 aromatic rings. The Morgan fingerprint density at radius 3 is 2.49 bits per heavy atom. The first-order valence-corrected chi connectivity index (χ1v) is 15.3. The van der Waals surface area contributed by atoms with Crippen molar-refractivity contribution in [2.45, 2.75) is 25.1 Å². The van der Waals surface area contributed by atoms with E-state index in [0.717, 1.165) is 28.3 Å². The first-order chi connectivity index (χ1) is 22.1. The molecule has 45 heavy (non-hydrogen) atoms. The Balaban J connectivity index is 1.23. The van der Waals surface area contributed by atoms with Crippen LogP contribution < -0.4 is 10.1 Å². The maximum atomic E-state index is 13.5. The molecule has 3 heterocycles. The van der Waals surface area contributed by atoms with Crippen molar-refractivity contribution in [2.75, 3.05) is 11.9 Å². The number of hydrogen-bond donors (Lipinski definition) is 1. The topological polar surface area (TPSA) is 114 Å². The van der Waals surface area contributed by atoms with E-state index >= 15 is 0 Å². The fraction of sp³-hybridized carbons (Fsp3) is 0.147. The van der Waals surface area contributed by atoms with Gasteiger partial charge in [0.25, 0.3) is 0 Å². The second-order valence-electron chi connectivity index (χ2n) is 10.0. The summed E-state index contributed by atoms with van der Waals surface area (Å²) in [5.74, 6) is 0.786. The summed E-state index contributed by atoms with van der Waals surface area (Å²) in [6.07, 6.45) is 5.04. The van der Waals surface area contributed by atoms with Crippen molar-refractivity contribution in [2.24, 2.45) is 10.2 Å². The molecule has 1 aliphatic heterocycles. The number of carbonyl (C=O) groups is 2. The summed E-state index contributed by atoms with van der Waals surface area (Å²) in [7, 11) is 0. The third-order valence-corrected chi connectivity index (χ3v) is 8.05. The average Bonchev–Trinajstić information content (AvgIpc) is 3.80. The van der Waals surface area contributed by atoms with Crippen LogP contribution in [0.25, 0.3) is 16.9 Å². The highest BCUT2D eigenvalue weighted by Gasteiger charge is 2.39. The summed E-state index contributed by atoms with van der Waals surface area (Å²) in [6, 6.07) is 30.3. The van der Waals surface area contributed by atoms with Crippen molar-refractivity contribution < 1.29 is 18.7 Å². The molecule has 1 unspecified atom stereocenters. The second-order valence-corrected chi connectivity index (χ2v) is 11.2. The molecule has 6 rings (SSSR count). The van der Waals surface area contributed by atoms with E-state index in [1.165, 1.54) is 16.7 Å². The summed E-state index contributed by atoms with van der Waals surface area (Å²) >= 11 is 1.20. The highest BCUT2D eigenvalue weighted by molar-refractivity contribution is 8.15. The molecule has 0 saturated carbocycles. The fourth-order valence-electron chi connectivity index (χ4n) is 4.76. The molecule has 0 spiro atoms. The van der Waals surface area contributed by atoms with E-state index in [-0.39, 0.29) is 24.8 Å². The predicted molar refractivity (Wildman–Crippen MR) is 176 cm³/mol. The van der Waals surface area contributed by atoms with Gasteiger partial charge in [-0.1, -0.05) is 60.3 Å². The Bertz CT molecular complexity index is 1800. The van der Waals surface area contributed by atoms with Gasteiger partial charge in [-0.2, -0.15) is 10.2 Å². The monoisotopic (exact) mass is 618 g/mol. The zero-order chi connectivity index (χ0) is 31.0. The van der Waals surface area contributed by atoms with Crippen molar-refractivity contribution in [3.05, 3.63) is 121 Å². The van der Waals surface area contributed by atoms with Gasteiger partial charge in [-0.25, -0.2) is 4.68 Å². The lowest BCUT2D eigenvalue weighted by molar-refractivity contribution is -0.128. The zero-order valence-corrected chi connectivity index (χ0v) is 25.3. The number of nitrogens with one attached hydrogen (secondary N) is 1. The number of thioether (sulfide) groups is 1. The number of aromatic nitrogens is 2. The van der Waals surface area contributed by atoms with Crippen LogP contribution in [0.4, 0.5) is 5.69 Å². The fourth-order valence-corrected chi connectivity index (χ4v) is 5.85. The third-order valence-electron chi connectivity index (χ3n) is 6.88.